The van der Waals surface area contributed by atoms with Gasteiger partial charge in [-0.2, -0.15) is 9.97 Å². The number of benzene rings is 1. The number of unbranched alkanes of at least 4 members (excludes halogenated alkanes) is 3. The lowest BCUT2D eigenvalue weighted by atomic mass is 10.1. The Hall–Kier alpha value is -4.50. The number of ether oxygens (including phenoxy) is 6. The van der Waals surface area contributed by atoms with Gasteiger partial charge < -0.3 is 60.5 Å². The van der Waals surface area contributed by atoms with Crippen molar-refractivity contribution in [3.8, 4) is 0 Å². The van der Waals surface area contributed by atoms with Gasteiger partial charge in [0.15, 0.2) is 17.0 Å². The SMILES string of the molecule is CN(Cc1cnc2nc(N)nc(N)c2n1)c1ccc(C(=O)NC(CCC(=O)NCCOCCOCCOCCOCCOCCOCCCCCCCl)C(=O)O)cc1. The number of halogens is 1. The van der Waals surface area contributed by atoms with E-state index in [1.54, 1.807) is 30.5 Å². The topological polar surface area (TPSA) is 258 Å². The first-order valence-corrected chi connectivity index (χ1v) is 19.9. The van der Waals surface area contributed by atoms with Crippen LogP contribution in [0, 0.1) is 0 Å². The van der Waals surface area contributed by atoms with Crippen LogP contribution in [0.5, 0.6) is 0 Å². The van der Waals surface area contributed by atoms with E-state index >= 15 is 0 Å². The van der Waals surface area contributed by atoms with Crippen LogP contribution < -0.4 is 27.0 Å². The van der Waals surface area contributed by atoms with Crippen LogP contribution in [0.3, 0.4) is 0 Å². The monoisotopic (exact) mass is 835 g/mol. The van der Waals surface area contributed by atoms with Crippen LogP contribution in [-0.2, 0) is 44.6 Å². The molecule has 1 atom stereocenters. The van der Waals surface area contributed by atoms with E-state index in [0.29, 0.717) is 89.5 Å². The summed E-state index contributed by atoms with van der Waals surface area (Å²) < 4.78 is 32.9. The quantitative estimate of drug-likeness (QED) is 0.0435. The molecule has 2 heterocycles. The van der Waals surface area contributed by atoms with Crippen molar-refractivity contribution in [2.45, 2.75) is 51.1 Å². The van der Waals surface area contributed by atoms with E-state index in [2.05, 4.69) is 30.6 Å². The molecule has 2 aromatic heterocycles. The van der Waals surface area contributed by atoms with Gasteiger partial charge >= 0.3 is 5.97 Å². The molecule has 1 aromatic carbocycles. The van der Waals surface area contributed by atoms with Crippen molar-refractivity contribution < 1.29 is 47.9 Å². The van der Waals surface area contributed by atoms with Crippen LogP contribution in [0.2, 0.25) is 0 Å². The molecule has 0 saturated heterocycles. The molecule has 0 aliphatic rings. The summed E-state index contributed by atoms with van der Waals surface area (Å²) in [5.41, 5.74) is 13.8. The maximum absolute atomic E-state index is 12.9. The first kappa shape index (κ1) is 47.9. The first-order chi connectivity index (χ1) is 28.2. The molecule has 0 bridgehead atoms. The highest BCUT2D eigenvalue weighted by Crippen LogP contribution is 2.19. The van der Waals surface area contributed by atoms with Gasteiger partial charge in [-0.15, -0.1) is 11.6 Å². The molecular formula is C38H58ClN9O10. The Kier molecular flexibility index (Phi) is 23.8. The number of nitrogens with two attached hydrogens (primary N) is 2. The minimum atomic E-state index is -1.26. The van der Waals surface area contributed by atoms with Crippen LogP contribution in [0.1, 0.15) is 54.6 Å². The number of aromatic nitrogens is 4. The van der Waals surface area contributed by atoms with Crippen molar-refractivity contribution in [2.75, 3.05) is 115 Å². The number of nitrogens with zero attached hydrogens (tertiary/aromatic N) is 5. The predicted molar refractivity (Wildman–Crippen MR) is 218 cm³/mol. The first-order valence-electron chi connectivity index (χ1n) is 19.4. The van der Waals surface area contributed by atoms with Gasteiger partial charge in [-0.25, -0.2) is 14.8 Å². The Morgan fingerprint density at radius 2 is 1.34 bits per heavy atom. The Balaban J connectivity index is 1.16. The number of nitrogen functional groups attached to an aromatic ring is 2. The molecule has 2 amide bonds. The number of anilines is 3. The molecule has 19 nitrogen and oxygen atoms in total. The highest BCUT2D eigenvalue weighted by atomic mass is 35.5. The summed E-state index contributed by atoms with van der Waals surface area (Å²) in [6, 6.07) is 5.34. The van der Waals surface area contributed by atoms with Gasteiger partial charge in [0.2, 0.25) is 11.9 Å². The molecule has 0 aliphatic carbocycles. The second-order valence-corrected chi connectivity index (χ2v) is 13.3. The maximum Gasteiger partial charge on any atom is 0.326 e. The number of hydrogen-bond acceptors (Lipinski definition) is 16. The molecule has 20 heteroatoms. The van der Waals surface area contributed by atoms with Gasteiger partial charge in [0.25, 0.3) is 5.91 Å². The second-order valence-electron chi connectivity index (χ2n) is 12.9. The van der Waals surface area contributed by atoms with E-state index in [1.165, 1.54) is 0 Å². The third-order valence-electron chi connectivity index (χ3n) is 8.33. The summed E-state index contributed by atoms with van der Waals surface area (Å²) in [5, 5.41) is 14.8. The molecule has 0 spiro atoms. The molecule has 58 heavy (non-hydrogen) atoms. The average molecular weight is 836 g/mol. The van der Waals surface area contributed by atoms with Gasteiger partial charge in [0.05, 0.1) is 91.1 Å². The molecule has 0 saturated carbocycles. The average Bonchev–Trinajstić information content (AvgIpc) is 3.21. The maximum atomic E-state index is 12.9. The smallest absolute Gasteiger partial charge is 0.326 e. The molecule has 0 aliphatic heterocycles. The standard InChI is InChI=1S/C38H58ClN9O10/c1-48(27-29-26-43-35-33(44-29)34(40)46-38(41)47-35)30-8-6-28(7-9-30)36(50)45-31(37(51)52)10-11-32(49)42-13-15-54-17-19-56-21-23-58-25-24-57-22-20-55-18-16-53-14-5-3-2-4-12-39/h6-9,26,31H,2-5,10-25,27H2,1H3,(H,42,49)(H,45,50)(H,51,52)(H4,40,41,43,46,47). The number of carboxylic acids is 1. The summed E-state index contributed by atoms with van der Waals surface area (Å²) in [6.07, 6.45) is 5.76. The Labute approximate surface area is 343 Å². The van der Waals surface area contributed by atoms with Crippen molar-refractivity contribution in [2.24, 2.45) is 0 Å². The fraction of sp³-hybridized carbons (Fsp3) is 0.605. The minimum Gasteiger partial charge on any atom is -0.480 e. The highest BCUT2D eigenvalue weighted by Gasteiger charge is 2.22. The number of fused-ring (bicyclic) bond motifs is 1. The largest absolute Gasteiger partial charge is 0.480 e. The molecule has 3 rings (SSSR count). The number of carbonyl (C=O) groups excluding carboxylic acids is 2. The van der Waals surface area contributed by atoms with Crippen molar-refractivity contribution in [3.05, 3.63) is 41.7 Å². The fourth-order valence-electron chi connectivity index (χ4n) is 5.24. The van der Waals surface area contributed by atoms with E-state index in [4.69, 9.17) is 51.5 Å². The van der Waals surface area contributed by atoms with Gasteiger partial charge in [-0.1, -0.05) is 12.8 Å². The third kappa shape index (κ3) is 19.8. The van der Waals surface area contributed by atoms with Crippen LogP contribution in [0.4, 0.5) is 17.5 Å². The summed E-state index contributed by atoms with van der Waals surface area (Å²) >= 11 is 5.66. The van der Waals surface area contributed by atoms with E-state index < -0.39 is 17.9 Å². The summed E-state index contributed by atoms with van der Waals surface area (Å²) in [7, 11) is 1.83. The van der Waals surface area contributed by atoms with Gasteiger partial charge in [0, 0.05) is 43.8 Å². The third-order valence-corrected chi connectivity index (χ3v) is 8.60. The molecule has 3 aromatic rings. The zero-order valence-corrected chi connectivity index (χ0v) is 34.0. The molecule has 0 fully saturated rings. The molecule has 322 valence electrons. The fourth-order valence-corrected chi connectivity index (χ4v) is 5.43. The Morgan fingerprint density at radius 1 is 0.776 bits per heavy atom. The predicted octanol–water partition coefficient (Wildman–Crippen LogP) is 2.20. The molecule has 1 unspecified atom stereocenters. The normalized spacial score (nSPS) is 11.8. The van der Waals surface area contributed by atoms with Crippen molar-refractivity contribution in [3.63, 3.8) is 0 Å². The number of hydrogen-bond donors (Lipinski definition) is 5. The van der Waals surface area contributed by atoms with Crippen molar-refractivity contribution in [1.82, 2.24) is 30.6 Å². The van der Waals surface area contributed by atoms with E-state index in [9.17, 15) is 19.5 Å². The summed E-state index contributed by atoms with van der Waals surface area (Å²) in [6.45, 7) is 6.20. The van der Waals surface area contributed by atoms with Crippen molar-refractivity contribution >= 4 is 58.0 Å². The zero-order valence-electron chi connectivity index (χ0n) is 33.2. The van der Waals surface area contributed by atoms with Crippen LogP contribution in [0.25, 0.3) is 11.2 Å². The van der Waals surface area contributed by atoms with Crippen LogP contribution in [-0.4, -0.2) is 148 Å². The number of rotatable bonds is 33. The Bertz CT molecular complexity index is 1640. The summed E-state index contributed by atoms with van der Waals surface area (Å²) in [5.74, 6) is -1.32. The zero-order chi connectivity index (χ0) is 41.8. The number of carboxylic acid groups (broad SMARTS) is 1. The second kappa shape index (κ2) is 28.8. The molecular weight excluding hydrogens is 778 g/mol. The highest BCUT2D eigenvalue weighted by molar-refractivity contribution is 6.17. The molecule has 7 N–H and O–H groups in total. The number of alkyl halides is 1. The van der Waals surface area contributed by atoms with E-state index in [0.717, 1.165) is 43.9 Å². The van der Waals surface area contributed by atoms with Gasteiger partial charge in [-0.05, 0) is 43.5 Å². The lowest BCUT2D eigenvalue weighted by molar-refractivity contribution is -0.139. The molecule has 0 radical (unpaired) electrons. The van der Waals surface area contributed by atoms with Crippen LogP contribution in [0.15, 0.2) is 30.5 Å². The van der Waals surface area contributed by atoms with Crippen LogP contribution >= 0.6 is 11.6 Å². The van der Waals surface area contributed by atoms with E-state index in [1.807, 2.05) is 11.9 Å². The van der Waals surface area contributed by atoms with Gasteiger partial charge in [-0.3, -0.25) is 9.59 Å². The minimum absolute atomic E-state index is 0.0117. The number of carbonyl (C=O) groups is 3. The van der Waals surface area contributed by atoms with Gasteiger partial charge in [0.1, 0.15) is 6.04 Å². The lowest BCUT2D eigenvalue weighted by Crippen LogP contribution is -2.41. The number of aliphatic carboxylic acids is 1. The summed E-state index contributed by atoms with van der Waals surface area (Å²) in [4.78, 5) is 55.6. The van der Waals surface area contributed by atoms with E-state index in [-0.39, 0.29) is 49.2 Å². The number of nitrogens with one attached hydrogen (secondary N) is 2. The lowest BCUT2D eigenvalue weighted by Gasteiger charge is -2.19. The number of amides is 2. The van der Waals surface area contributed by atoms with Crippen molar-refractivity contribution in [1.29, 1.82) is 0 Å². The Morgan fingerprint density at radius 3 is 1.93 bits per heavy atom.